The number of aldehydes is 1. The van der Waals surface area contributed by atoms with E-state index in [1.54, 1.807) is 6.92 Å². The highest BCUT2D eigenvalue weighted by Gasteiger charge is 2.30. The number of carbonyl (C=O) groups is 4. The number of rotatable bonds is 13. The van der Waals surface area contributed by atoms with E-state index in [1.165, 1.54) is 0 Å². The number of Topliss-reactive ketones (excluding diaryl/α,β-unsaturated/α-hetero) is 3. The van der Waals surface area contributed by atoms with Crippen molar-refractivity contribution < 1.29 is 19.2 Å². The minimum atomic E-state index is -0.408. The van der Waals surface area contributed by atoms with Gasteiger partial charge in [-0.15, -0.1) is 0 Å². The number of hydrogen-bond donors (Lipinski definition) is 0. The van der Waals surface area contributed by atoms with Gasteiger partial charge >= 0.3 is 0 Å². The van der Waals surface area contributed by atoms with Crippen LogP contribution in [0.15, 0.2) is 0 Å². The van der Waals surface area contributed by atoms with E-state index >= 15 is 0 Å². The van der Waals surface area contributed by atoms with Crippen LogP contribution in [0.1, 0.15) is 79.1 Å². The second-order valence-electron chi connectivity index (χ2n) is 6.71. The molecule has 0 fully saturated rings. The van der Waals surface area contributed by atoms with Crippen LogP contribution in [0.2, 0.25) is 0 Å². The summed E-state index contributed by atoms with van der Waals surface area (Å²) in [6.45, 7) is 7.40. The molecule has 0 amide bonds. The lowest BCUT2D eigenvalue weighted by atomic mass is 9.74. The van der Waals surface area contributed by atoms with Gasteiger partial charge in [0.1, 0.15) is 23.6 Å². The van der Waals surface area contributed by atoms with Gasteiger partial charge in [-0.2, -0.15) is 0 Å². The second kappa shape index (κ2) is 10.4. The maximum absolute atomic E-state index is 11.8. The van der Waals surface area contributed by atoms with Crippen molar-refractivity contribution in [2.24, 2.45) is 11.3 Å². The third-order valence-corrected chi connectivity index (χ3v) is 4.71. The normalized spacial score (nSPS) is 12.7. The predicted molar refractivity (Wildman–Crippen MR) is 86.6 cm³/mol. The van der Waals surface area contributed by atoms with Crippen molar-refractivity contribution in [2.45, 2.75) is 79.1 Å². The lowest BCUT2D eigenvalue weighted by Gasteiger charge is -2.28. The second-order valence-corrected chi connectivity index (χ2v) is 6.71. The van der Waals surface area contributed by atoms with Crippen molar-refractivity contribution in [3.05, 3.63) is 0 Å². The van der Waals surface area contributed by atoms with E-state index in [0.717, 1.165) is 19.1 Å². The molecule has 1 atom stereocenters. The Hall–Kier alpha value is -1.32. The first kappa shape index (κ1) is 20.7. The van der Waals surface area contributed by atoms with Crippen molar-refractivity contribution in [1.82, 2.24) is 0 Å². The van der Waals surface area contributed by atoms with Gasteiger partial charge in [-0.25, -0.2) is 0 Å². The van der Waals surface area contributed by atoms with Crippen LogP contribution in [0.3, 0.4) is 0 Å². The van der Waals surface area contributed by atoms with Gasteiger partial charge in [0.25, 0.3) is 0 Å². The molecular formula is C18H30O4. The lowest BCUT2D eigenvalue weighted by Crippen LogP contribution is -2.29. The van der Waals surface area contributed by atoms with Gasteiger partial charge in [-0.1, -0.05) is 20.8 Å². The number of ketones is 3. The molecule has 0 heterocycles. The van der Waals surface area contributed by atoms with Crippen LogP contribution in [0.25, 0.3) is 0 Å². The highest BCUT2D eigenvalue weighted by Crippen LogP contribution is 2.31. The third-order valence-electron chi connectivity index (χ3n) is 4.71. The molecule has 0 aromatic carbocycles. The molecule has 0 saturated heterocycles. The SMILES string of the molecule is CC(=O)C(C)(C)C(C)CCC(=O)CCC(=O)CCCCC=O. The number of hydrogen-bond acceptors (Lipinski definition) is 4. The standard InChI is InChI=1S/C18H30O4/c1-14(18(3,4)15(2)20)9-10-17(22)12-11-16(21)8-6-5-7-13-19/h13-14H,5-12H2,1-4H3. The van der Waals surface area contributed by atoms with Crippen LogP contribution >= 0.6 is 0 Å². The molecule has 4 heteroatoms. The Morgan fingerprint density at radius 3 is 2.00 bits per heavy atom. The molecule has 1 unspecified atom stereocenters. The van der Waals surface area contributed by atoms with Crippen molar-refractivity contribution in [2.75, 3.05) is 0 Å². The molecule has 0 saturated carbocycles. The molecule has 0 bridgehead atoms. The molecule has 0 N–H and O–H groups in total. The summed E-state index contributed by atoms with van der Waals surface area (Å²) in [5.41, 5.74) is -0.408. The molecular weight excluding hydrogens is 280 g/mol. The maximum Gasteiger partial charge on any atom is 0.135 e. The Bertz CT molecular complexity index is 396. The summed E-state index contributed by atoms with van der Waals surface area (Å²) in [7, 11) is 0. The van der Waals surface area contributed by atoms with Gasteiger partial charge in [0.05, 0.1) is 0 Å². The van der Waals surface area contributed by atoms with E-state index in [-0.39, 0.29) is 23.3 Å². The Morgan fingerprint density at radius 1 is 0.955 bits per heavy atom. The van der Waals surface area contributed by atoms with Crippen LogP contribution in [0.4, 0.5) is 0 Å². The average molecular weight is 310 g/mol. The molecule has 0 aliphatic carbocycles. The summed E-state index contributed by atoms with van der Waals surface area (Å²) in [6.07, 6.45) is 4.96. The summed E-state index contributed by atoms with van der Waals surface area (Å²) in [4.78, 5) is 45.2. The van der Waals surface area contributed by atoms with Gasteiger partial charge in [0, 0.05) is 37.5 Å². The van der Waals surface area contributed by atoms with E-state index in [0.29, 0.717) is 38.5 Å². The average Bonchev–Trinajstić information content (AvgIpc) is 2.46. The fourth-order valence-electron chi connectivity index (χ4n) is 2.16. The van der Waals surface area contributed by atoms with Gasteiger partial charge in [-0.3, -0.25) is 14.4 Å². The van der Waals surface area contributed by atoms with E-state index in [4.69, 9.17) is 0 Å². The molecule has 0 aliphatic rings. The predicted octanol–water partition coefficient (Wildman–Crippen LogP) is 3.70. The van der Waals surface area contributed by atoms with E-state index < -0.39 is 5.41 Å². The zero-order valence-corrected chi connectivity index (χ0v) is 14.4. The summed E-state index contributed by atoms with van der Waals surface area (Å²) in [6, 6.07) is 0. The largest absolute Gasteiger partial charge is 0.303 e. The summed E-state index contributed by atoms with van der Waals surface area (Å²) in [5, 5.41) is 0. The highest BCUT2D eigenvalue weighted by atomic mass is 16.1. The summed E-state index contributed by atoms with van der Waals surface area (Å²) >= 11 is 0. The van der Waals surface area contributed by atoms with Gasteiger partial charge in [0.2, 0.25) is 0 Å². The van der Waals surface area contributed by atoms with Crippen molar-refractivity contribution in [3.63, 3.8) is 0 Å². The first-order chi connectivity index (χ1) is 10.2. The van der Waals surface area contributed by atoms with Crippen molar-refractivity contribution in [3.8, 4) is 0 Å². The van der Waals surface area contributed by atoms with E-state index in [1.807, 2.05) is 20.8 Å². The zero-order chi connectivity index (χ0) is 17.2. The summed E-state index contributed by atoms with van der Waals surface area (Å²) < 4.78 is 0. The fraction of sp³-hybridized carbons (Fsp3) is 0.778. The van der Waals surface area contributed by atoms with Crippen LogP contribution in [-0.4, -0.2) is 23.6 Å². The minimum Gasteiger partial charge on any atom is -0.303 e. The Labute approximate surface area is 134 Å². The molecule has 126 valence electrons. The van der Waals surface area contributed by atoms with Crippen LogP contribution < -0.4 is 0 Å². The van der Waals surface area contributed by atoms with Crippen LogP contribution in [0.5, 0.6) is 0 Å². The Kier molecular flexibility index (Phi) is 9.79. The third kappa shape index (κ3) is 8.20. The first-order valence-corrected chi connectivity index (χ1v) is 8.19. The Morgan fingerprint density at radius 2 is 1.50 bits per heavy atom. The Balaban J connectivity index is 3.93. The lowest BCUT2D eigenvalue weighted by molar-refractivity contribution is -0.128. The molecule has 0 radical (unpaired) electrons. The summed E-state index contributed by atoms with van der Waals surface area (Å²) in [5.74, 6) is 0.467. The number of unbranched alkanes of at least 4 members (excludes halogenated alkanes) is 2. The van der Waals surface area contributed by atoms with Gasteiger partial charge in [-0.05, 0) is 32.1 Å². The molecule has 0 spiro atoms. The minimum absolute atomic E-state index is 0.0902. The van der Waals surface area contributed by atoms with Crippen LogP contribution in [-0.2, 0) is 19.2 Å². The quantitative estimate of drug-likeness (QED) is 0.384. The molecule has 0 aromatic heterocycles. The topological polar surface area (TPSA) is 68.3 Å². The zero-order valence-electron chi connectivity index (χ0n) is 14.4. The van der Waals surface area contributed by atoms with Crippen molar-refractivity contribution in [1.29, 1.82) is 0 Å². The highest BCUT2D eigenvalue weighted by molar-refractivity contribution is 5.86. The molecule has 22 heavy (non-hydrogen) atoms. The molecule has 0 rings (SSSR count). The first-order valence-electron chi connectivity index (χ1n) is 8.19. The fourth-order valence-corrected chi connectivity index (χ4v) is 2.16. The van der Waals surface area contributed by atoms with Gasteiger partial charge in [0.15, 0.2) is 0 Å². The smallest absolute Gasteiger partial charge is 0.135 e. The molecule has 0 aliphatic heterocycles. The van der Waals surface area contributed by atoms with E-state index in [2.05, 4.69) is 0 Å². The maximum atomic E-state index is 11.8. The van der Waals surface area contributed by atoms with E-state index in [9.17, 15) is 19.2 Å². The number of carbonyl (C=O) groups excluding carboxylic acids is 4. The monoisotopic (exact) mass is 310 g/mol. The van der Waals surface area contributed by atoms with Crippen molar-refractivity contribution >= 4 is 23.6 Å². The van der Waals surface area contributed by atoms with Crippen LogP contribution in [0, 0.1) is 11.3 Å². The molecule has 0 aromatic rings. The molecule has 4 nitrogen and oxygen atoms in total. The van der Waals surface area contributed by atoms with Gasteiger partial charge < -0.3 is 4.79 Å².